The molecule has 156 valence electrons. The molecule has 0 bridgehead atoms. The number of pyridine rings is 1. The van der Waals surface area contributed by atoms with Gasteiger partial charge in [-0.1, -0.05) is 30.3 Å². The second kappa shape index (κ2) is 8.39. The number of anilines is 1. The highest BCUT2D eigenvalue weighted by molar-refractivity contribution is 6.05. The highest BCUT2D eigenvalue weighted by Gasteiger charge is 2.22. The molecule has 1 amide bonds. The molecule has 0 unspecified atom stereocenters. The molecule has 0 aliphatic carbocycles. The second-order valence-corrected chi connectivity index (χ2v) is 7.00. The molecule has 7 heteroatoms. The van der Waals surface area contributed by atoms with Crippen LogP contribution in [0.2, 0.25) is 0 Å². The van der Waals surface area contributed by atoms with Crippen molar-refractivity contribution in [3.63, 3.8) is 0 Å². The summed E-state index contributed by atoms with van der Waals surface area (Å²) in [6.45, 7) is 3.24. The Hall–Kier alpha value is -4.00. The van der Waals surface area contributed by atoms with Crippen molar-refractivity contribution >= 4 is 28.5 Å². The van der Waals surface area contributed by atoms with Crippen molar-refractivity contribution in [3.8, 4) is 11.5 Å². The minimum Gasteiger partial charge on any atom is -0.460 e. The largest absolute Gasteiger partial charge is 0.460 e. The summed E-state index contributed by atoms with van der Waals surface area (Å²) in [5, 5.41) is 3.01. The number of rotatable bonds is 5. The topological polar surface area (TPSA) is 81.4 Å². The van der Waals surface area contributed by atoms with Crippen molar-refractivity contribution < 1.29 is 23.1 Å². The van der Waals surface area contributed by atoms with Crippen LogP contribution in [0.5, 0.6) is 0 Å². The van der Waals surface area contributed by atoms with Gasteiger partial charge in [-0.25, -0.2) is 14.2 Å². The normalized spacial score (nSPS) is 11.8. The number of esters is 1. The third-order valence-electron chi connectivity index (χ3n) is 4.71. The molecule has 0 aliphatic heterocycles. The van der Waals surface area contributed by atoms with Crippen molar-refractivity contribution in [2.45, 2.75) is 20.0 Å². The van der Waals surface area contributed by atoms with Crippen molar-refractivity contribution in [1.82, 2.24) is 4.98 Å². The molecule has 4 aromatic rings. The molecular formula is C24H19FN2O4. The summed E-state index contributed by atoms with van der Waals surface area (Å²) < 4.78 is 24.8. The lowest BCUT2D eigenvalue weighted by molar-refractivity contribution is -0.123. The van der Waals surface area contributed by atoms with Crippen LogP contribution in [-0.2, 0) is 9.53 Å². The smallest absolute Gasteiger partial charge is 0.339 e. The Balaban J connectivity index is 1.61. The number of ether oxygens (including phenoxy) is 1. The van der Waals surface area contributed by atoms with Crippen LogP contribution < -0.4 is 5.32 Å². The van der Waals surface area contributed by atoms with E-state index in [-0.39, 0.29) is 11.3 Å². The summed E-state index contributed by atoms with van der Waals surface area (Å²) in [6.07, 6.45) is -1.15. The van der Waals surface area contributed by atoms with E-state index in [9.17, 15) is 14.0 Å². The van der Waals surface area contributed by atoms with Crippen LogP contribution >= 0.6 is 0 Å². The quantitative estimate of drug-likeness (QED) is 0.455. The van der Waals surface area contributed by atoms with E-state index in [0.29, 0.717) is 28.1 Å². The lowest BCUT2D eigenvalue weighted by Crippen LogP contribution is -2.30. The number of nitrogens with one attached hydrogen (secondary N) is 1. The van der Waals surface area contributed by atoms with Gasteiger partial charge in [-0.2, -0.15) is 0 Å². The van der Waals surface area contributed by atoms with E-state index < -0.39 is 23.8 Å². The number of aromatic nitrogens is 1. The lowest BCUT2D eigenvalue weighted by Gasteiger charge is -2.15. The van der Waals surface area contributed by atoms with E-state index in [4.69, 9.17) is 9.15 Å². The molecule has 1 N–H and O–H groups in total. The maximum Gasteiger partial charge on any atom is 0.339 e. The molecule has 0 saturated carbocycles. The zero-order valence-corrected chi connectivity index (χ0v) is 16.9. The van der Waals surface area contributed by atoms with Gasteiger partial charge in [-0.15, -0.1) is 0 Å². The Labute approximate surface area is 177 Å². The average Bonchev–Trinajstić information content (AvgIpc) is 3.20. The predicted molar refractivity (Wildman–Crippen MR) is 114 cm³/mol. The average molecular weight is 418 g/mol. The SMILES string of the molecule is Cc1ccc(-c2cc(C(=O)O[C@H](C)C(=O)Nc3ccccc3F)c3ccccc3n2)o1. The first-order valence-electron chi connectivity index (χ1n) is 9.65. The van der Waals surface area contributed by atoms with Crippen LogP contribution in [-0.4, -0.2) is 23.0 Å². The van der Waals surface area contributed by atoms with Gasteiger partial charge in [-0.05, 0) is 50.2 Å². The Morgan fingerprint density at radius 2 is 1.81 bits per heavy atom. The van der Waals surface area contributed by atoms with Gasteiger partial charge in [-0.3, -0.25) is 4.79 Å². The Kier molecular flexibility index (Phi) is 5.49. The number of furan rings is 1. The monoisotopic (exact) mass is 418 g/mol. The van der Waals surface area contributed by atoms with Gasteiger partial charge in [0.15, 0.2) is 11.9 Å². The number of nitrogens with zero attached hydrogens (tertiary/aromatic N) is 1. The zero-order chi connectivity index (χ0) is 22.0. The fourth-order valence-electron chi connectivity index (χ4n) is 3.12. The van der Waals surface area contributed by atoms with Crippen molar-refractivity contribution in [2.75, 3.05) is 5.32 Å². The van der Waals surface area contributed by atoms with Crippen LogP contribution in [0.4, 0.5) is 10.1 Å². The summed E-state index contributed by atoms with van der Waals surface area (Å²) in [5.41, 5.74) is 1.33. The van der Waals surface area contributed by atoms with Crippen LogP contribution in [0.25, 0.3) is 22.4 Å². The van der Waals surface area contributed by atoms with Crippen molar-refractivity contribution in [1.29, 1.82) is 0 Å². The molecule has 0 spiro atoms. The third-order valence-corrected chi connectivity index (χ3v) is 4.71. The maximum absolute atomic E-state index is 13.8. The first-order valence-corrected chi connectivity index (χ1v) is 9.65. The summed E-state index contributed by atoms with van der Waals surface area (Å²) in [7, 11) is 0. The summed E-state index contributed by atoms with van der Waals surface area (Å²) in [5.74, 6) is -0.680. The molecule has 2 heterocycles. The zero-order valence-electron chi connectivity index (χ0n) is 16.9. The maximum atomic E-state index is 13.8. The van der Waals surface area contributed by atoms with Gasteiger partial charge >= 0.3 is 5.97 Å². The van der Waals surface area contributed by atoms with E-state index in [0.717, 1.165) is 0 Å². The van der Waals surface area contributed by atoms with E-state index in [2.05, 4.69) is 10.3 Å². The van der Waals surface area contributed by atoms with E-state index in [1.165, 1.54) is 25.1 Å². The fourth-order valence-corrected chi connectivity index (χ4v) is 3.12. The number of hydrogen-bond donors (Lipinski definition) is 1. The minimum absolute atomic E-state index is 0.0141. The number of amides is 1. The fraction of sp³-hybridized carbons (Fsp3) is 0.125. The first kappa shape index (κ1) is 20.3. The molecule has 0 fully saturated rings. The number of aryl methyl sites for hydroxylation is 1. The van der Waals surface area contributed by atoms with E-state index in [1.54, 1.807) is 42.5 Å². The molecule has 2 aromatic carbocycles. The molecular weight excluding hydrogens is 399 g/mol. The van der Waals surface area contributed by atoms with Crippen LogP contribution in [0.15, 0.2) is 71.1 Å². The van der Waals surface area contributed by atoms with Gasteiger partial charge in [0, 0.05) is 5.39 Å². The molecule has 0 aliphatic rings. The molecule has 6 nitrogen and oxygen atoms in total. The Bertz CT molecular complexity index is 1280. The number of halogens is 1. The van der Waals surface area contributed by atoms with Crippen LogP contribution in [0, 0.1) is 12.7 Å². The van der Waals surface area contributed by atoms with Gasteiger partial charge in [0.25, 0.3) is 5.91 Å². The molecule has 1 atom stereocenters. The number of carbonyl (C=O) groups is 2. The second-order valence-electron chi connectivity index (χ2n) is 7.00. The summed E-state index contributed by atoms with van der Waals surface area (Å²) >= 11 is 0. The van der Waals surface area contributed by atoms with E-state index in [1.807, 2.05) is 13.0 Å². The summed E-state index contributed by atoms with van der Waals surface area (Å²) in [4.78, 5) is 29.9. The minimum atomic E-state index is -1.15. The number of carbonyl (C=O) groups excluding carboxylic acids is 2. The van der Waals surface area contributed by atoms with Crippen molar-refractivity contribution in [2.24, 2.45) is 0 Å². The number of para-hydroxylation sites is 2. The number of benzene rings is 2. The van der Waals surface area contributed by atoms with E-state index >= 15 is 0 Å². The van der Waals surface area contributed by atoms with Crippen LogP contribution in [0.3, 0.4) is 0 Å². The standard InChI is InChI=1S/C24H19FN2O4/c1-14-11-12-22(30-14)21-13-17(16-7-3-5-9-19(16)26-21)24(29)31-15(2)23(28)27-20-10-6-4-8-18(20)25/h3-13,15H,1-2H3,(H,27,28)/t15-/m1/s1. The highest BCUT2D eigenvalue weighted by Crippen LogP contribution is 2.27. The van der Waals surface area contributed by atoms with Gasteiger partial charge < -0.3 is 14.5 Å². The molecule has 31 heavy (non-hydrogen) atoms. The van der Waals surface area contributed by atoms with Crippen molar-refractivity contribution in [3.05, 3.63) is 83.9 Å². The number of fused-ring (bicyclic) bond motifs is 1. The van der Waals surface area contributed by atoms with Gasteiger partial charge in [0.05, 0.1) is 16.8 Å². The molecule has 0 saturated heterocycles. The lowest BCUT2D eigenvalue weighted by atomic mass is 10.1. The Morgan fingerprint density at radius 3 is 2.55 bits per heavy atom. The highest BCUT2D eigenvalue weighted by atomic mass is 19.1. The summed E-state index contributed by atoms with van der Waals surface area (Å²) in [6, 6.07) is 18.0. The number of hydrogen-bond acceptors (Lipinski definition) is 5. The molecule has 0 radical (unpaired) electrons. The molecule has 2 aromatic heterocycles. The first-order chi connectivity index (χ1) is 14.9. The molecule has 4 rings (SSSR count). The van der Waals surface area contributed by atoms with Gasteiger partial charge in [0.1, 0.15) is 17.3 Å². The predicted octanol–water partition coefficient (Wildman–Crippen LogP) is 5.13. The third kappa shape index (κ3) is 4.30. The van der Waals surface area contributed by atoms with Crippen LogP contribution in [0.1, 0.15) is 23.0 Å². The Morgan fingerprint density at radius 1 is 1.06 bits per heavy atom. The van der Waals surface area contributed by atoms with Gasteiger partial charge in [0.2, 0.25) is 0 Å².